The molecule has 2 rings (SSSR count). The summed E-state index contributed by atoms with van der Waals surface area (Å²) in [5.41, 5.74) is 5.39. The maximum atomic E-state index is 12.6. The van der Waals surface area contributed by atoms with E-state index in [1.807, 2.05) is 0 Å². The summed E-state index contributed by atoms with van der Waals surface area (Å²) in [6.45, 7) is 2.02. The summed E-state index contributed by atoms with van der Waals surface area (Å²) >= 11 is 4.73. The number of carbonyl (C=O) groups excluding carboxylic acids is 2. The van der Waals surface area contributed by atoms with E-state index < -0.39 is 0 Å². The van der Waals surface area contributed by atoms with Crippen LogP contribution in [0.1, 0.15) is 22.5 Å². The molecule has 0 spiro atoms. The Morgan fingerprint density at radius 3 is 3.00 bits per heavy atom. The Balaban J connectivity index is 2.01. The molecule has 0 aliphatic carbocycles. The first-order valence-electron chi connectivity index (χ1n) is 7.17. The third-order valence-corrected chi connectivity index (χ3v) is 5.38. The predicted octanol–water partition coefficient (Wildman–Crippen LogP) is 1.45. The third kappa shape index (κ3) is 3.99. The van der Waals surface area contributed by atoms with Crippen LogP contribution in [0.4, 0.5) is 0 Å². The van der Waals surface area contributed by atoms with Crippen molar-refractivity contribution in [1.82, 2.24) is 10.2 Å². The van der Waals surface area contributed by atoms with Crippen molar-refractivity contribution in [2.45, 2.75) is 12.8 Å². The van der Waals surface area contributed by atoms with Crippen LogP contribution in [0.15, 0.2) is 9.85 Å². The van der Waals surface area contributed by atoms with Crippen LogP contribution in [-0.4, -0.2) is 50.0 Å². The van der Waals surface area contributed by atoms with E-state index in [1.54, 1.807) is 18.1 Å². The molecule has 1 fully saturated rings. The highest BCUT2D eigenvalue weighted by Crippen LogP contribution is 2.35. The van der Waals surface area contributed by atoms with Gasteiger partial charge in [0.2, 0.25) is 5.91 Å². The highest BCUT2D eigenvalue weighted by molar-refractivity contribution is 9.11. The van der Waals surface area contributed by atoms with Gasteiger partial charge in [0.25, 0.3) is 5.91 Å². The molecule has 0 saturated carbocycles. The molecule has 1 saturated heterocycles. The molecular weight excluding hydrogens is 370 g/mol. The van der Waals surface area contributed by atoms with E-state index in [-0.39, 0.29) is 17.7 Å². The molecule has 0 radical (unpaired) electrons. The van der Waals surface area contributed by atoms with E-state index in [0.29, 0.717) is 36.8 Å². The SMILES string of the molecule is COc1cc(C(=O)N2CCCC(C(=O)NCCN)C2)sc1Br. The number of thiophene rings is 1. The summed E-state index contributed by atoms with van der Waals surface area (Å²) in [5, 5.41) is 2.80. The molecule has 1 aromatic rings. The van der Waals surface area contributed by atoms with E-state index >= 15 is 0 Å². The molecule has 1 aliphatic heterocycles. The molecule has 2 amide bonds. The first kappa shape index (κ1) is 17.2. The minimum Gasteiger partial charge on any atom is -0.495 e. The smallest absolute Gasteiger partial charge is 0.264 e. The number of hydrogen-bond donors (Lipinski definition) is 2. The summed E-state index contributed by atoms with van der Waals surface area (Å²) < 4.78 is 5.98. The van der Waals surface area contributed by atoms with Crippen molar-refractivity contribution in [3.05, 3.63) is 14.7 Å². The van der Waals surface area contributed by atoms with Crippen LogP contribution in [0.5, 0.6) is 5.75 Å². The summed E-state index contributed by atoms with van der Waals surface area (Å²) in [4.78, 5) is 27.0. The van der Waals surface area contributed by atoms with Crippen molar-refractivity contribution in [1.29, 1.82) is 0 Å². The largest absolute Gasteiger partial charge is 0.495 e. The van der Waals surface area contributed by atoms with E-state index in [4.69, 9.17) is 10.5 Å². The van der Waals surface area contributed by atoms with Crippen LogP contribution in [0.2, 0.25) is 0 Å². The molecule has 122 valence electrons. The average Bonchev–Trinajstić information content (AvgIpc) is 2.92. The lowest BCUT2D eigenvalue weighted by Crippen LogP contribution is -2.46. The molecule has 2 heterocycles. The average molecular weight is 390 g/mol. The Bertz CT molecular complexity index is 549. The third-order valence-electron chi connectivity index (χ3n) is 3.61. The van der Waals surface area contributed by atoms with Crippen LogP contribution >= 0.6 is 27.3 Å². The standard InChI is InChI=1S/C14H20BrN3O3S/c1-21-10-7-11(22-12(10)15)14(20)18-6-2-3-9(8-18)13(19)17-5-4-16/h7,9H,2-6,8,16H2,1H3,(H,17,19). The number of halogens is 1. The first-order valence-corrected chi connectivity index (χ1v) is 8.78. The molecule has 3 N–H and O–H groups in total. The van der Waals surface area contributed by atoms with Crippen LogP contribution in [0.3, 0.4) is 0 Å². The Labute approximate surface area is 142 Å². The second-order valence-electron chi connectivity index (χ2n) is 5.12. The number of nitrogens with two attached hydrogens (primary N) is 1. The van der Waals surface area contributed by atoms with Gasteiger partial charge in [-0.15, -0.1) is 11.3 Å². The van der Waals surface area contributed by atoms with E-state index in [2.05, 4.69) is 21.2 Å². The number of likely N-dealkylation sites (tertiary alicyclic amines) is 1. The fraction of sp³-hybridized carbons (Fsp3) is 0.571. The van der Waals surface area contributed by atoms with E-state index in [9.17, 15) is 9.59 Å². The number of carbonyl (C=O) groups is 2. The monoisotopic (exact) mass is 389 g/mol. The number of amides is 2. The summed E-state index contributed by atoms with van der Waals surface area (Å²) in [6, 6.07) is 1.73. The Morgan fingerprint density at radius 1 is 1.59 bits per heavy atom. The van der Waals surface area contributed by atoms with Crippen molar-refractivity contribution < 1.29 is 14.3 Å². The minimum absolute atomic E-state index is 0.0205. The molecule has 1 aromatic heterocycles. The fourth-order valence-electron chi connectivity index (χ4n) is 2.47. The second kappa shape index (κ2) is 7.94. The highest BCUT2D eigenvalue weighted by Gasteiger charge is 2.29. The number of nitrogens with zero attached hydrogens (tertiary/aromatic N) is 1. The molecule has 0 bridgehead atoms. The number of nitrogens with one attached hydrogen (secondary N) is 1. The topological polar surface area (TPSA) is 84.7 Å². The zero-order valence-electron chi connectivity index (χ0n) is 12.4. The molecule has 22 heavy (non-hydrogen) atoms. The van der Waals surface area contributed by atoms with Gasteiger partial charge in [-0.05, 0) is 28.8 Å². The number of ether oxygens (including phenoxy) is 1. The van der Waals surface area contributed by atoms with Crippen molar-refractivity contribution in [2.75, 3.05) is 33.3 Å². The van der Waals surface area contributed by atoms with Gasteiger partial charge in [0.15, 0.2) is 0 Å². The maximum Gasteiger partial charge on any atom is 0.264 e. The Morgan fingerprint density at radius 2 is 2.36 bits per heavy atom. The van der Waals surface area contributed by atoms with Crippen LogP contribution in [0.25, 0.3) is 0 Å². The van der Waals surface area contributed by atoms with Crippen LogP contribution in [0, 0.1) is 5.92 Å². The molecule has 1 unspecified atom stereocenters. The lowest BCUT2D eigenvalue weighted by Gasteiger charge is -2.31. The molecule has 6 nitrogen and oxygen atoms in total. The fourth-order valence-corrected chi connectivity index (χ4v) is 4.09. The number of rotatable bonds is 5. The normalized spacial score (nSPS) is 18.1. The van der Waals surface area contributed by atoms with Gasteiger partial charge in [-0.25, -0.2) is 0 Å². The van der Waals surface area contributed by atoms with Gasteiger partial charge in [0.1, 0.15) is 9.54 Å². The highest BCUT2D eigenvalue weighted by atomic mass is 79.9. The summed E-state index contributed by atoms with van der Waals surface area (Å²) in [5.74, 6) is 0.426. The molecule has 1 atom stereocenters. The Hall–Kier alpha value is -1.12. The van der Waals surface area contributed by atoms with Crippen molar-refractivity contribution in [3.63, 3.8) is 0 Å². The lowest BCUT2D eigenvalue weighted by atomic mass is 9.97. The van der Waals surface area contributed by atoms with Gasteiger partial charge >= 0.3 is 0 Å². The second-order valence-corrected chi connectivity index (χ2v) is 7.49. The number of piperidine rings is 1. The van der Waals surface area contributed by atoms with Gasteiger partial charge in [0, 0.05) is 32.2 Å². The van der Waals surface area contributed by atoms with E-state index in [1.165, 1.54) is 11.3 Å². The number of hydrogen-bond acceptors (Lipinski definition) is 5. The molecule has 1 aliphatic rings. The quantitative estimate of drug-likeness (QED) is 0.797. The van der Waals surface area contributed by atoms with Gasteiger partial charge in [-0.3, -0.25) is 9.59 Å². The Kier molecular flexibility index (Phi) is 6.22. The zero-order chi connectivity index (χ0) is 16.1. The zero-order valence-corrected chi connectivity index (χ0v) is 14.8. The van der Waals surface area contributed by atoms with Crippen LogP contribution in [-0.2, 0) is 4.79 Å². The van der Waals surface area contributed by atoms with Gasteiger partial charge < -0.3 is 20.7 Å². The van der Waals surface area contributed by atoms with Gasteiger partial charge in [0.05, 0.1) is 17.9 Å². The van der Waals surface area contributed by atoms with Crippen molar-refractivity contribution in [2.24, 2.45) is 11.7 Å². The maximum absolute atomic E-state index is 12.6. The summed E-state index contributed by atoms with van der Waals surface area (Å²) in [6.07, 6.45) is 1.63. The van der Waals surface area contributed by atoms with Crippen molar-refractivity contribution in [3.8, 4) is 5.75 Å². The van der Waals surface area contributed by atoms with E-state index in [0.717, 1.165) is 16.6 Å². The summed E-state index contributed by atoms with van der Waals surface area (Å²) in [7, 11) is 1.57. The lowest BCUT2D eigenvalue weighted by molar-refractivity contribution is -0.126. The van der Waals surface area contributed by atoms with Gasteiger partial charge in [-0.1, -0.05) is 0 Å². The van der Waals surface area contributed by atoms with Crippen LogP contribution < -0.4 is 15.8 Å². The first-order chi connectivity index (χ1) is 10.6. The molecule has 0 aromatic carbocycles. The van der Waals surface area contributed by atoms with Crippen molar-refractivity contribution >= 4 is 39.1 Å². The molecular formula is C14H20BrN3O3S. The molecule has 8 heteroatoms. The minimum atomic E-state index is -0.158. The van der Waals surface area contributed by atoms with Gasteiger partial charge in [-0.2, -0.15) is 0 Å². The number of methoxy groups -OCH3 is 1. The predicted molar refractivity (Wildman–Crippen MR) is 89.3 cm³/mol.